The lowest BCUT2D eigenvalue weighted by atomic mass is 9.96. The topological polar surface area (TPSA) is 29.1 Å². The molecule has 0 spiro atoms. The van der Waals surface area contributed by atoms with Crippen molar-refractivity contribution < 1.29 is 18.0 Å². The minimum Gasteiger partial charge on any atom is -0.325 e. The lowest BCUT2D eigenvalue weighted by Gasteiger charge is -2.10. The number of carbonyl (C=O) groups is 1. The second kappa shape index (κ2) is 3.50. The summed E-state index contributed by atoms with van der Waals surface area (Å²) in [6.45, 7) is 1.78. The fraction of sp³-hybridized carbons (Fsp3) is 0.364. The molecule has 2 nitrogen and oxygen atoms in total. The van der Waals surface area contributed by atoms with Crippen LogP contribution < -0.4 is 5.32 Å². The molecule has 5 heteroatoms. The van der Waals surface area contributed by atoms with Gasteiger partial charge in [-0.05, 0) is 30.2 Å². The fourth-order valence-corrected chi connectivity index (χ4v) is 1.91. The highest BCUT2D eigenvalue weighted by Crippen LogP contribution is 2.39. The molecule has 1 aromatic carbocycles. The molecule has 0 bridgehead atoms. The van der Waals surface area contributed by atoms with E-state index < -0.39 is 17.7 Å². The Labute approximate surface area is 90.5 Å². The van der Waals surface area contributed by atoms with Gasteiger partial charge in [0.25, 0.3) is 0 Å². The van der Waals surface area contributed by atoms with Crippen LogP contribution in [0, 0.1) is 0 Å². The van der Waals surface area contributed by atoms with E-state index in [9.17, 15) is 18.0 Å². The average Bonchev–Trinajstić information content (AvgIpc) is 2.50. The van der Waals surface area contributed by atoms with Gasteiger partial charge in [-0.2, -0.15) is 13.2 Å². The van der Waals surface area contributed by atoms with Crippen LogP contribution in [0.15, 0.2) is 18.2 Å². The van der Waals surface area contributed by atoms with Gasteiger partial charge < -0.3 is 5.32 Å². The van der Waals surface area contributed by atoms with Crippen LogP contribution in [0.5, 0.6) is 0 Å². The third kappa shape index (κ3) is 1.66. The van der Waals surface area contributed by atoms with Crippen LogP contribution in [-0.4, -0.2) is 5.91 Å². The van der Waals surface area contributed by atoms with Gasteiger partial charge in [-0.3, -0.25) is 4.79 Å². The Hall–Kier alpha value is -1.52. The van der Waals surface area contributed by atoms with Crippen LogP contribution in [0.1, 0.15) is 30.4 Å². The molecule has 16 heavy (non-hydrogen) atoms. The van der Waals surface area contributed by atoms with Crippen LogP contribution in [-0.2, 0) is 11.0 Å². The Bertz CT molecular complexity index is 439. The summed E-state index contributed by atoms with van der Waals surface area (Å²) in [7, 11) is 0. The molecule has 1 aliphatic heterocycles. The number of fused-ring (bicyclic) bond motifs is 1. The van der Waals surface area contributed by atoms with E-state index in [1.807, 2.05) is 0 Å². The Morgan fingerprint density at radius 3 is 2.62 bits per heavy atom. The van der Waals surface area contributed by atoms with Crippen molar-refractivity contribution in [3.8, 4) is 0 Å². The van der Waals surface area contributed by atoms with Crippen molar-refractivity contribution in [2.24, 2.45) is 0 Å². The number of amides is 1. The van der Waals surface area contributed by atoms with Gasteiger partial charge in [-0.25, -0.2) is 0 Å². The van der Waals surface area contributed by atoms with E-state index in [0.29, 0.717) is 17.7 Å². The molecule has 1 N–H and O–H groups in total. The number of nitrogens with one attached hydrogen (secondary N) is 1. The number of halogens is 3. The van der Waals surface area contributed by atoms with E-state index in [1.54, 1.807) is 6.92 Å². The third-order valence-electron chi connectivity index (χ3n) is 2.74. The minimum absolute atomic E-state index is 0.225. The van der Waals surface area contributed by atoms with Gasteiger partial charge in [0.05, 0.1) is 11.5 Å². The third-order valence-corrected chi connectivity index (χ3v) is 2.74. The quantitative estimate of drug-likeness (QED) is 0.787. The first-order chi connectivity index (χ1) is 7.43. The summed E-state index contributed by atoms with van der Waals surface area (Å²) in [6, 6.07) is 3.35. The van der Waals surface area contributed by atoms with Gasteiger partial charge in [0, 0.05) is 5.69 Å². The highest BCUT2D eigenvalue weighted by Gasteiger charge is 2.35. The summed E-state index contributed by atoms with van der Waals surface area (Å²) >= 11 is 0. The van der Waals surface area contributed by atoms with Gasteiger partial charge in [-0.15, -0.1) is 0 Å². The van der Waals surface area contributed by atoms with E-state index >= 15 is 0 Å². The van der Waals surface area contributed by atoms with E-state index in [4.69, 9.17) is 0 Å². The number of rotatable bonds is 1. The molecule has 0 aromatic heterocycles. The summed E-state index contributed by atoms with van der Waals surface area (Å²) in [4.78, 5) is 11.4. The zero-order valence-electron chi connectivity index (χ0n) is 8.56. The highest BCUT2D eigenvalue weighted by molar-refractivity contribution is 6.02. The van der Waals surface area contributed by atoms with Crippen LogP contribution in [0.2, 0.25) is 0 Å². The van der Waals surface area contributed by atoms with Crippen molar-refractivity contribution in [2.75, 3.05) is 5.32 Å². The maximum Gasteiger partial charge on any atom is 0.416 e. The molecule has 1 amide bonds. The Morgan fingerprint density at radius 1 is 1.38 bits per heavy atom. The molecule has 0 fully saturated rings. The Morgan fingerprint density at radius 2 is 2.06 bits per heavy atom. The second-order valence-corrected chi connectivity index (χ2v) is 3.75. The SMILES string of the molecule is CCC1C(=O)Nc2ccc(C(F)(F)F)cc21. The molecule has 1 heterocycles. The molecular formula is C11H10F3NO. The summed E-state index contributed by atoms with van der Waals surface area (Å²) in [5.41, 5.74) is 0.230. The van der Waals surface area contributed by atoms with E-state index in [0.717, 1.165) is 12.1 Å². The Balaban J connectivity index is 2.47. The van der Waals surface area contributed by atoms with Crippen LogP contribution in [0.4, 0.5) is 18.9 Å². The van der Waals surface area contributed by atoms with E-state index in [2.05, 4.69) is 5.32 Å². The maximum absolute atomic E-state index is 12.5. The van der Waals surface area contributed by atoms with Crippen molar-refractivity contribution in [3.63, 3.8) is 0 Å². The van der Waals surface area contributed by atoms with Gasteiger partial charge in [0.1, 0.15) is 0 Å². The molecule has 0 aliphatic carbocycles. The molecule has 1 unspecified atom stereocenters. The zero-order chi connectivity index (χ0) is 11.9. The first-order valence-corrected chi connectivity index (χ1v) is 4.95. The van der Waals surface area contributed by atoms with Crippen LogP contribution in [0.25, 0.3) is 0 Å². The molecule has 86 valence electrons. The molecule has 1 aliphatic rings. The first-order valence-electron chi connectivity index (χ1n) is 4.95. The predicted molar refractivity (Wildman–Crippen MR) is 53.1 cm³/mol. The summed E-state index contributed by atoms with van der Waals surface area (Å²) < 4.78 is 37.4. The molecule has 0 radical (unpaired) electrons. The normalized spacial score (nSPS) is 19.5. The lowest BCUT2D eigenvalue weighted by Crippen LogP contribution is -2.11. The van der Waals surface area contributed by atoms with Gasteiger partial charge in [0.2, 0.25) is 5.91 Å². The second-order valence-electron chi connectivity index (χ2n) is 3.75. The molecule has 0 saturated heterocycles. The van der Waals surface area contributed by atoms with Crippen molar-refractivity contribution in [1.82, 2.24) is 0 Å². The smallest absolute Gasteiger partial charge is 0.325 e. The number of anilines is 1. The lowest BCUT2D eigenvalue weighted by molar-refractivity contribution is -0.137. The molecule has 2 rings (SSSR count). The van der Waals surface area contributed by atoms with Crippen LogP contribution >= 0.6 is 0 Å². The molecule has 0 saturated carbocycles. The Kier molecular flexibility index (Phi) is 2.40. The number of carbonyl (C=O) groups excluding carboxylic acids is 1. The van der Waals surface area contributed by atoms with Gasteiger partial charge >= 0.3 is 6.18 Å². The van der Waals surface area contributed by atoms with Gasteiger partial charge in [0.15, 0.2) is 0 Å². The fourth-order valence-electron chi connectivity index (χ4n) is 1.91. The number of hydrogen-bond acceptors (Lipinski definition) is 1. The monoisotopic (exact) mass is 229 g/mol. The highest BCUT2D eigenvalue weighted by atomic mass is 19.4. The summed E-state index contributed by atoms with van der Waals surface area (Å²) in [5.74, 6) is -0.686. The number of benzene rings is 1. The summed E-state index contributed by atoms with van der Waals surface area (Å²) in [6.07, 6.45) is -3.86. The molecule has 1 aromatic rings. The maximum atomic E-state index is 12.5. The largest absolute Gasteiger partial charge is 0.416 e. The summed E-state index contributed by atoms with van der Waals surface area (Å²) in [5, 5.41) is 2.57. The van der Waals surface area contributed by atoms with Crippen molar-refractivity contribution in [2.45, 2.75) is 25.4 Å². The minimum atomic E-state index is -4.36. The standard InChI is InChI=1S/C11H10F3NO/c1-2-7-8-5-6(11(12,13)14)3-4-9(8)15-10(7)16/h3-5,7H,2H2,1H3,(H,15,16). The van der Waals surface area contributed by atoms with Crippen molar-refractivity contribution >= 4 is 11.6 Å². The molecule has 1 atom stereocenters. The van der Waals surface area contributed by atoms with Crippen molar-refractivity contribution in [3.05, 3.63) is 29.3 Å². The van der Waals surface area contributed by atoms with E-state index in [1.165, 1.54) is 6.07 Å². The number of alkyl halides is 3. The van der Waals surface area contributed by atoms with E-state index in [-0.39, 0.29) is 5.91 Å². The predicted octanol–water partition coefficient (Wildman–Crippen LogP) is 3.15. The van der Waals surface area contributed by atoms with Gasteiger partial charge in [-0.1, -0.05) is 6.92 Å². The first kappa shape index (κ1) is 11.0. The zero-order valence-corrected chi connectivity index (χ0v) is 8.56. The number of hydrogen-bond donors (Lipinski definition) is 1. The average molecular weight is 229 g/mol. The molecular weight excluding hydrogens is 219 g/mol. The van der Waals surface area contributed by atoms with Crippen LogP contribution in [0.3, 0.4) is 0 Å². The van der Waals surface area contributed by atoms with Crippen molar-refractivity contribution in [1.29, 1.82) is 0 Å².